The molecule has 1 aromatic carbocycles. The van der Waals surface area contributed by atoms with Crippen LogP contribution in [-0.2, 0) is 21.9 Å². The van der Waals surface area contributed by atoms with Gasteiger partial charge in [-0.3, -0.25) is 14.3 Å². The molecule has 1 N–H and O–H groups in total. The maximum Gasteiger partial charge on any atom is 0.295 e. The summed E-state index contributed by atoms with van der Waals surface area (Å²) in [6.07, 6.45) is 0. The SMILES string of the molecule is Cc1c(NC(=O)[C@H](C)SC2=NN3CCS(=O)(=O)N=C3S2)c(=O)n(-c2ccccc2)n1C. The Morgan fingerprint density at radius 2 is 2.00 bits per heavy atom. The zero-order valence-corrected chi connectivity index (χ0v) is 19.4. The lowest BCUT2D eigenvalue weighted by atomic mass is 10.3. The average molecular weight is 481 g/mol. The first-order chi connectivity index (χ1) is 14.7. The highest BCUT2D eigenvalue weighted by molar-refractivity contribution is 8.45. The van der Waals surface area contributed by atoms with Crippen LogP contribution in [0.1, 0.15) is 12.6 Å². The van der Waals surface area contributed by atoms with Crippen LogP contribution in [0.3, 0.4) is 0 Å². The van der Waals surface area contributed by atoms with Crippen LogP contribution in [0.2, 0.25) is 0 Å². The van der Waals surface area contributed by atoms with Crippen LogP contribution in [0.25, 0.3) is 5.69 Å². The molecule has 2 aliphatic heterocycles. The number of hydrazone groups is 1. The number of amides is 1. The number of benzene rings is 1. The molecule has 0 unspecified atom stereocenters. The molecule has 2 aliphatic rings. The van der Waals surface area contributed by atoms with Crippen LogP contribution >= 0.6 is 23.5 Å². The molecule has 3 heterocycles. The molecule has 2 aromatic rings. The minimum atomic E-state index is -3.46. The molecule has 0 fully saturated rings. The maximum absolute atomic E-state index is 13.0. The highest BCUT2D eigenvalue weighted by atomic mass is 32.2. The molecule has 1 amide bonds. The van der Waals surface area contributed by atoms with Crippen LogP contribution in [-0.4, -0.2) is 55.8 Å². The van der Waals surface area contributed by atoms with Gasteiger partial charge in [0.05, 0.1) is 28.9 Å². The lowest BCUT2D eigenvalue weighted by molar-refractivity contribution is -0.115. The van der Waals surface area contributed by atoms with E-state index >= 15 is 0 Å². The number of aromatic nitrogens is 2. The van der Waals surface area contributed by atoms with Gasteiger partial charge in [-0.2, -0.15) is 5.10 Å². The first-order valence-electron chi connectivity index (χ1n) is 9.34. The lowest BCUT2D eigenvalue weighted by Gasteiger charge is -2.16. The monoisotopic (exact) mass is 480 g/mol. The highest BCUT2D eigenvalue weighted by Crippen LogP contribution is 2.32. The Bertz CT molecular complexity index is 1260. The third kappa shape index (κ3) is 4.29. The Hall–Kier alpha value is -2.51. The summed E-state index contributed by atoms with van der Waals surface area (Å²) in [5, 5.41) is 8.33. The predicted molar refractivity (Wildman–Crippen MR) is 124 cm³/mol. The summed E-state index contributed by atoms with van der Waals surface area (Å²) in [5.74, 6) is -0.436. The zero-order valence-electron chi connectivity index (χ0n) is 17.0. The Morgan fingerprint density at radius 1 is 1.29 bits per heavy atom. The molecular weight excluding hydrogens is 460 g/mol. The van der Waals surface area contributed by atoms with E-state index in [4.69, 9.17) is 0 Å². The normalized spacial score (nSPS) is 18.2. The zero-order chi connectivity index (χ0) is 22.3. The summed E-state index contributed by atoms with van der Waals surface area (Å²) >= 11 is 2.31. The molecule has 31 heavy (non-hydrogen) atoms. The van der Waals surface area contributed by atoms with E-state index in [2.05, 4.69) is 14.8 Å². The van der Waals surface area contributed by atoms with Crippen molar-refractivity contribution in [3.63, 3.8) is 0 Å². The Kier molecular flexibility index (Phi) is 5.75. The maximum atomic E-state index is 13.0. The van der Waals surface area contributed by atoms with Crippen molar-refractivity contribution in [2.75, 3.05) is 17.6 Å². The molecule has 0 spiro atoms. The Balaban J connectivity index is 1.49. The van der Waals surface area contributed by atoms with E-state index < -0.39 is 15.3 Å². The number of para-hydroxylation sites is 1. The summed E-state index contributed by atoms with van der Waals surface area (Å²) in [4.78, 5) is 25.7. The van der Waals surface area contributed by atoms with Crippen LogP contribution < -0.4 is 10.9 Å². The van der Waals surface area contributed by atoms with Crippen LogP contribution in [0.5, 0.6) is 0 Å². The van der Waals surface area contributed by atoms with Gasteiger partial charge in [-0.1, -0.05) is 30.0 Å². The molecule has 0 saturated carbocycles. The van der Waals surface area contributed by atoms with Gasteiger partial charge in [0, 0.05) is 7.05 Å². The topological polar surface area (TPSA) is 118 Å². The molecule has 0 saturated heterocycles. The fourth-order valence-electron chi connectivity index (χ4n) is 3.06. The molecule has 1 atom stereocenters. The van der Waals surface area contributed by atoms with Crippen molar-refractivity contribution in [3.8, 4) is 5.69 Å². The number of hydrogen-bond acceptors (Lipinski definition) is 8. The van der Waals surface area contributed by atoms with Gasteiger partial charge in [0.1, 0.15) is 5.69 Å². The molecular formula is C18H20N6O4S3. The number of nitrogens with one attached hydrogen (secondary N) is 1. The van der Waals surface area contributed by atoms with Gasteiger partial charge in [0.2, 0.25) is 11.1 Å². The van der Waals surface area contributed by atoms with Gasteiger partial charge in [0.15, 0.2) is 4.38 Å². The second kappa shape index (κ2) is 8.20. The van der Waals surface area contributed by atoms with Crippen molar-refractivity contribution in [1.82, 2.24) is 14.4 Å². The van der Waals surface area contributed by atoms with E-state index in [1.165, 1.54) is 21.5 Å². The number of rotatable bonds is 4. The summed E-state index contributed by atoms with van der Waals surface area (Å²) in [6, 6.07) is 9.17. The number of amidine groups is 1. The number of hydrogen-bond donors (Lipinski definition) is 1. The number of anilines is 1. The van der Waals surface area contributed by atoms with Crippen LogP contribution in [0, 0.1) is 6.92 Å². The van der Waals surface area contributed by atoms with E-state index in [1.807, 2.05) is 30.3 Å². The number of sulfonamides is 1. The summed E-state index contributed by atoms with van der Waals surface area (Å²) in [5.41, 5.74) is 1.23. The molecule has 0 radical (unpaired) electrons. The van der Waals surface area contributed by atoms with Gasteiger partial charge in [-0.25, -0.2) is 18.1 Å². The quantitative estimate of drug-likeness (QED) is 0.706. The van der Waals surface area contributed by atoms with Gasteiger partial charge in [-0.15, -0.1) is 4.40 Å². The van der Waals surface area contributed by atoms with Crippen LogP contribution in [0.4, 0.5) is 5.69 Å². The van der Waals surface area contributed by atoms with Crippen molar-refractivity contribution in [2.45, 2.75) is 19.1 Å². The minimum absolute atomic E-state index is 0.0878. The first-order valence-corrected chi connectivity index (χ1v) is 12.6. The smallest absolute Gasteiger partial charge is 0.295 e. The average Bonchev–Trinajstić information content (AvgIpc) is 3.20. The molecule has 10 nitrogen and oxygen atoms in total. The number of carbonyl (C=O) groups is 1. The van der Waals surface area contributed by atoms with Crippen molar-refractivity contribution in [2.24, 2.45) is 16.5 Å². The molecule has 13 heteroatoms. The van der Waals surface area contributed by atoms with E-state index in [9.17, 15) is 18.0 Å². The third-order valence-electron chi connectivity index (χ3n) is 4.83. The second-order valence-corrected chi connectivity index (χ2v) is 11.2. The number of carbonyl (C=O) groups excluding carboxylic acids is 1. The van der Waals surface area contributed by atoms with Crippen LogP contribution in [0.15, 0.2) is 44.6 Å². The number of fused-ring (bicyclic) bond motifs is 1. The molecule has 1 aromatic heterocycles. The molecule has 4 rings (SSSR count). The minimum Gasteiger partial charge on any atom is -0.319 e. The number of thioether (sulfide) groups is 2. The highest BCUT2D eigenvalue weighted by Gasteiger charge is 2.33. The van der Waals surface area contributed by atoms with E-state index in [0.717, 1.165) is 11.8 Å². The van der Waals surface area contributed by atoms with Gasteiger partial charge < -0.3 is 5.32 Å². The van der Waals surface area contributed by atoms with E-state index in [1.54, 1.807) is 25.6 Å². The van der Waals surface area contributed by atoms with E-state index in [-0.39, 0.29) is 29.5 Å². The summed E-state index contributed by atoms with van der Waals surface area (Å²) in [7, 11) is -1.70. The summed E-state index contributed by atoms with van der Waals surface area (Å²) in [6.45, 7) is 3.70. The second-order valence-electron chi connectivity index (χ2n) is 6.94. The molecule has 0 bridgehead atoms. The number of nitrogens with zero attached hydrogens (tertiary/aromatic N) is 5. The van der Waals surface area contributed by atoms with Crippen molar-refractivity contribution in [1.29, 1.82) is 0 Å². The largest absolute Gasteiger partial charge is 0.319 e. The first kappa shape index (κ1) is 21.7. The fourth-order valence-corrected chi connectivity index (χ4v) is 6.37. The fraction of sp³-hybridized carbons (Fsp3) is 0.333. The summed E-state index contributed by atoms with van der Waals surface area (Å²) < 4.78 is 30.7. The van der Waals surface area contributed by atoms with Gasteiger partial charge in [0.25, 0.3) is 15.6 Å². The Labute approximate surface area is 187 Å². The molecule has 0 aliphatic carbocycles. The van der Waals surface area contributed by atoms with Gasteiger partial charge in [-0.05, 0) is 37.7 Å². The van der Waals surface area contributed by atoms with Crippen molar-refractivity contribution < 1.29 is 13.2 Å². The standard InChI is InChI=1S/C18H20N6O4S3/c1-11-14(16(26)24(22(11)3)13-7-5-4-6-8-13)19-15(25)12(2)29-18-20-23-9-10-31(27,28)21-17(23)30-18/h4-8,12H,9-10H2,1-3H3,(H,19,25)/t12-/m0/s1. The van der Waals surface area contributed by atoms with Crippen molar-refractivity contribution >= 4 is 54.7 Å². The predicted octanol–water partition coefficient (Wildman–Crippen LogP) is 1.56. The Morgan fingerprint density at radius 3 is 2.71 bits per heavy atom. The lowest BCUT2D eigenvalue weighted by Crippen LogP contribution is -2.31. The van der Waals surface area contributed by atoms with Gasteiger partial charge >= 0.3 is 0 Å². The third-order valence-corrected chi connectivity index (χ3v) is 8.22. The molecule has 164 valence electrons. The van der Waals surface area contributed by atoms with E-state index in [0.29, 0.717) is 20.9 Å². The van der Waals surface area contributed by atoms with Crippen molar-refractivity contribution in [3.05, 3.63) is 46.4 Å².